The topological polar surface area (TPSA) is 60.4 Å². The van der Waals surface area contributed by atoms with Gasteiger partial charge in [-0.2, -0.15) is 0 Å². The molecule has 0 radical (unpaired) electrons. The van der Waals surface area contributed by atoms with E-state index < -0.39 is 18.0 Å². The Morgan fingerprint density at radius 2 is 1.73 bits per heavy atom. The van der Waals surface area contributed by atoms with E-state index in [0.717, 1.165) is 37.7 Å². The SMILES string of the molecule is O=C1OC(Cc2ccccc2)C(=O)C1C(=O)C1CCCCC1. The lowest BCUT2D eigenvalue weighted by atomic mass is 9.80. The summed E-state index contributed by atoms with van der Waals surface area (Å²) in [5.74, 6) is -2.56. The van der Waals surface area contributed by atoms with Gasteiger partial charge in [0.25, 0.3) is 0 Å². The maximum Gasteiger partial charge on any atom is 0.325 e. The highest BCUT2D eigenvalue weighted by Crippen LogP contribution is 2.30. The van der Waals surface area contributed by atoms with Crippen LogP contribution < -0.4 is 0 Å². The minimum Gasteiger partial charge on any atom is -0.453 e. The van der Waals surface area contributed by atoms with Gasteiger partial charge in [-0.1, -0.05) is 49.6 Å². The van der Waals surface area contributed by atoms with E-state index in [-0.39, 0.29) is 17.5 Å². The van der Waals surface area contributed by atoms with Crippen LogP contribution in [0.3, 0.4) is 0 Å². The number of ketones is 2. The summed E-state index contributed by atoms with van der Waals surface area (Å²) in [6.07, 6.45) is 4.24. The first-order valence-corrected chi connectivity index (χ1v) is 7.98. The van der Waals surface area contributed by atoms with Crippen molar-refractivity contribution in [3.8, 4) is 0 Å². The van der Waals surface area contributed by atoms with E-state index in [1.807, 2.05) is 30.3 Å². The van der Waals surface area contributed by atoms with Crippen molar-refractivity contribution in [3.63, 3.8) is 0 Å². The molecule has 4 nitrogen and oxygen atoms in total. The molecule has 0 aromatic heterocycles. The number of esters is 1. The van der Waals surface area contributed by atoms with Crippen LogP contribution in [0.2, 0.25) is 0 Å². The maximum atomic E-state index is 12.5. The summed E-state index contributed by atoms with van der Waals surface area (Å²) in [7, 11) is 0. The van der Waals surface area contributed by atoms with Crippen LogP contribution in [-0.4, -0.2) is 23.6 Å². The molecular weight excluding hydrogens is 280 g/mol. The number of hydrogen-bond donors (Lipinski definition) is 0. The van der Waals surface area contributed by atoms with Gasteiger partial charge in [-0.05, 0) is 18.4 Å². The van der Waals surface area contributed by atoms with Crippen molar-refractivity contribution in [1.29, 1.82) is 0 Å². The lowest BCUT2D eigenvalue weighted by Crippen LogP contribution is -2.34. The van der Waals surface area contributed by atoms with Crippen molar-refractivity contribution < 1.29 is 19.1 Å². The molecule has 0 N–H and O–H groups in total. The first-order valence-electron chi connectivity index (χ1n) is 7.98. The second-order valence-electron chi connectivity index (χ2n) is 6.19. The van der Waals surface area contributed by atoms with Crippen LogP contribution in [-0.2, 0) is 25.5 Å². The number of rotatable bonds is 4. The summed E-state index contributed by atoms with van der Waals surface area (Å²) in [4.78, 5) is 36.9. The Bertz CT molecular complexity index is 572. The molecule has 116 valence electrons. The van der Waals surface area contributed by atoms with Gasteiger partial charge in [-0.15, -0.1) is 0 Å². The zero-order valence-electron chi connectivity index (χ0n) is 12.5. The van der Waals surface area contributed by atoms with E-state index in [9.17, 15) is 14.4 Å². The number of Topliss-reactive ketones (excluding diaryl/α,β-unsaturated/α-hetero) is 2. The molecule has 1 saturated heterocycles. The maximum absolute atomic E-state index is 12.5. The van der Waals surface area contributed by atoms with Crippen molar-refractivity contribution in [2.24, 2.45) is 11.8 Å². The van der Waals surface area contributed by atoms with Crippen molar-refractivity contribution >= 4 is 17.5 Å². The predicted octanol–water partition coefficient (Wildman–Crippen LogP) is 2.49. The Balaban J connectivity index is 1.69. The van der Waals surface area contributed by atoms with Gasteiger partial charge >= 0.3 is 5.97 Å². The quantitative estimate of drug-likeness (QED) is 0.633. The normalized spacial score (nSPS) is 26.0. The molecule has 2 fully saturated rings. The van der Waals surface area contributed by atoms with Gasteiger partial charge in [0.1, 0.15) is 0 Å². The Kier molecular flexibility index (Phi) is 4.36. The van der Waals surface area contributed by atoms with Crippen molar-refractivity contribution in [2.75, 3.05) is 0 Å². The lowest BCUT2D eigenvalue weighted by molar-refractivity contribution is -0.147. The first-order chi connectivity index (χ1) is 10.7. The van der Waals surface area contributed by atoms with E-state index in [1.54, 1.807) is 0 Å². The number of ether oxygens (including phenoxy) is 1. The summed E-state index contributed by atoms with van der Waals surface area (Å²) >= 11 is 0. The fourth-order valence-electron chi connectivity index (χ4n) is 3.42. The van der Waals surface area contributed by atoms with Crippen LogP contribution in [0.1, 0.15) is 37.7 Å². The van der Waals surface area contributed by atoms with E-state index in [1.165, 1.54) is 0 Å². The minimum absolute atomic E-state index is 0.147. The molecule has 1 aromatic carbocycles. The molecule has 1 heterocycles. The summed E-state index contributed by atoms with van der Waals surface area (Å²) in [6.45, 7) is 0. The number of hydrogen-bond acceptors (Lipinski definition) is 4. The molecule has 0 bridgehead atoms. The van der Waals surface area contributed by atoms with Gasteiger partial charge in [0, 0.05) is 12.3 Å². The molecular formula is C18H20O4. The average molecular weight is 300 g/mol. The second kappa shape index (κ2) is 6.42. The molecule has 2 unspecified atom stereocenters. The lowest BCUT2D eigenvalue weighted by Gasteiger charge is -2.21. The third-order valence-electron chi connectivity index (χ3n) is 4.65. The number of carbonyl (C=O) groups excluding carboxylic acids is 3. The molecule has 1 aliphatic carbocycles. The summed E-state index contributed by atoms with van der Waals surface area (Å²) in [5, 5.41) is 0. The van der Waals surface area contributed by atoms with Crippen molar-refractivity contribution in [1.82, 2.24) is 0 Å². The fourth-order valence-corrected chi connectivity index (χ4v) is 3.42. The van der Waals surface area contributed by atoms with E-state index >= 15 is 0 Å². The first kappa shape index (κ1) is 14.9. The van der Waals surface area contributed by atoms with Crippen molar-refractivity contribution in [3.05, 3.63) is 35.9 Å². The van der Waals surface area contributed by atoms with Crippen LogP contribution in [0.15, 0.2) is 30.3 Å². The summed E-state index contributed by atoms with van der Waals surface area (Å²) < 4.78 is 5.19. The van der Waals surface area contributed by atoms with Gasteiger partial charge in [-0.25, -0.2) is 0 Å². The molecule has 0 amide bonds. The molecule has 1 aromatic rings. The molecule has 1 aliphatic heterocycles. The number of cyclic esters (lactones) is 1. The van der Waals surface area contributed by atoms with Gasteiger partial charge in [0.2, 0.25) is 0 Å². The fraction of sp³-hybridized carbons (Fsp3) is 0.500. The van der Waals surface area contributed by atoms with Crippen LogP contribution in [0.4, 0.5) is 0 Å². The molecule has 2 atom stereocenters. The van der Waals surface area contributed by atoms with Crippen molar-refractivity contribution in [2.45, 2.75) is 44.6 Å². The highest BCUT2D eigenvalue weighted by Gasteiger charge is 2.49. The molecule has 2 aliphatic rings. The third kappa shape index (κ3) is 2.96. The Morgan fingerprint density at radius 1 is 1.05 bits per heavy atom. The highest BCUT2D eigenvalue weighted by atomic mass is 16.6. The van der Waals surface area contributed by atoms with Gasteiger partial charge < -0.3 is 4.74 Å². The van der Waals surface area contributed by atoms with Crippen LogP contribution in [0.5, 0.6) is 0 Å². The van der Waals surface area contributed by atoms with Gasteiger partial charge in [0.15, 0.2) is 23.6 Å². The zero-order valence-corrected chi connectivity index (χ0v) is 12.5. The largest absolute Gasteiger partial charge is 0.453 e. The monoisotopic (exact) mass is 300 g/mol. The highest BCUT2D eigenvalue weighted by molar-refractivity contribution is 6.22. The Hall–Kier alpha value is -1.97. The van der Waals surface area contributed by atoms with E-state index in [2.05, 4.69) is 0 Å². The summed E-state index contributed by atoms with van der Waals surface area (Å²) in [6, 6.07) is 9.42. The molecule has 4 heteroatoms. The number of benzene rings is 1. The molecule has 3 rings (SSSR count). The predicted molar refractivity (Wildman–Crippen MR) is 80.1 cm³/mol. The second-order valence-corrected chi connectivity index (χ2v) is 6.19. The Labute approximate surface area is 129 Å². The van der Waals surface area contributed by atoms with E-state index in [4.69, 9.17) is 4.74 Å². The summed E-state index contributed by atoms with van der Waals surface area (Å²) in [5.41, 5.74) is 0.930. The molecule has 1 saturated carbocycles. The van der Waals surface area contributed by atoms with Crippen LogP contribution >= 0.6 is 0 Å². The van der Waals surface area contributed by atoms with Crippen LogP contribution in [0.25, 0.3) is 0 Å². The standard InChI is InChI=1S/C18H20O4/c19-16(13-9-5-2-6-10-13)15-17(20)14(22-18(15)21)11-12-7-3-1-4-8-12/h1,3-4,7-8,13-15H,2,5-6,9-11H2. The van der Waals surface area contributed by atoms with Gasteiger partial charge in [-0.3, -0.25) is 14.4 Å². The smallest absolute Gasteiger partial charge is 0.325 e. The molecule has 22 heavy (non-hydrogen) atoms. The molecule has 0 spiro atoms. The van der Waals surface area contributed by atoms with Crippen LogP contribution in [0, 0.1) is 11.8 Å². The zero-order chi connectivity index (χ0) is 15.5. The average Bonchev–Trinajstić information content (AvgIpc) is 2.82. The van der Waals surface area contributed by atoms with Gasteiger partial charge in [0.05, 0.1) is 0 Å². The minimum atomic E-state index is -1.18. The van der Waals surface area contributed by atoms with E-state index in [0.29, 0.717) is 6.42 Å². The number of carbonyl (C=O) groups is 3. The third-order valence-corrected chi connectivity index (χ3v) is 4.65. The Morgan fingerprint density at radius 3 is 2.41 bits per heavy atom.